The fraction of sp³-hybridized carbons (Fsp3) is 0.0769. The van der Waals surface area contributed by atoms with Crippen LogP contribution < -0.4 is 11.1 Å². The maximum Gasteiger partial charge on any atom is 0.122 e. The highest BCUT2D eigenvalue weighted by Crippen LogP contribution is 2.26. The predicted molar refractivity (Wildman–Crippen MR) is 79.6 cm³/mol. The first-order valence-corrected chi connectivity index (χ1v) is 6.14. The molecule has 92 valence electrons. The number of halogens is 1. The highest BCUT2D eigenvalue weighted by Gasteiger charge is 2.02. The lowest BCUT2D eigenvalue weighted by Crippen LogP contribution is -2.11. The zero-order chi connectivity index (χ0) is 13.1. The number of nitrogens with zero attached hydrogens (tertiary/aromatic N) is 1. The largest absolute Gasteiger partial charge is 0.388 e. The Balaban J connectivity index is 2.23. The van der Waals surface area contributed by atoms with Crippen molar-refractivity contribution in [2.24, 2.45) is 5.73 Å². The molecule has 0 atom stereocenters. The molecule has 2 rings (SSSR count). The van der Waals surface area contributed by atoms with E-state index in [0.29, 0.717) is 10.7 Å². The van der Waals surface area contributed by atoms with Crippen LogP contribution in [0.5, 0.6) is 0 Å². The minimum absolute atomic E-state index is 0.287. The van der Waals surface area contributed by atoms with Crippen molar-refractivity contribution in [2.75, 3.05) is 5.32 Å². The van der Waals surface area contributed by atoms with E-state index in [2.05, 4.69) is 10.3 Å². The van der Waals surface area contributed by atoms with Crippen LogP contribution in [0.4, 0.5) is 11.4 Å². The third-order valence-electron chi connectivity index (χ3n) is 2.42. The van der Waals surface area contributed by atoms with Gasteiger partial charge in [-0.15, -0.1) is 0 Å². The molecule has 0 saturated carbocycles. The van der Waals surface area contributed by atoms with E-state index in [-0.39, 0.29) is 4.99 Å². The second-order valence-corrected chi connectivity index (χ2v) is 4.75. The molecule has 0 radical (unpaired) electrons. The van der Waals surface area contributed by atoms with Crippen molar-refractivity contribution in [1.29, 1.82) is 0 Å². The summed E-state index contributed by atoms with van der Waals surface area (Å²) in [5, 5.41) is 3.87. The number of anilines is 2. The van der Waals surface area contributed by atoms with Gasteiger partial charge in [-0.3, -0.25) is 4.98 Å². The minimum atomic E-state index is 0.287. The summed E-state index contributed by atoms with van der Waals surface area (Å²) in [5.41, 5.74) is 8.91. The summed E-state index contributed by atoms with van der Waals surface area (Å²) < 4.78 is 0. The topological polar surface area (TPSA) is 50.9 Å². The van der Waals surface area contributed by atoms with Gasteiger partial charge in [-0.25, -0.2) is 0 Å². The standard InChI is InChI=1S/C13H12ClN3S/c1-8-2-4-10(14)12(6-8)17-9-3-5-11(13(15)18)16-7-9/h2-7,17H,1H3,(H2,15,18). The van der Waals surface area contributed by atoms with Gasteiger partial charge in [-0.05, 0) is 36.8 Å². The molecule has 1 aromatic heterocycles. The quantitative estimate of drug-likeness (QED) is 0.844. The zero-order valence-electron chi connectivity index (χ0n) is 9.77. The summed E-state index contributed by atoms with van der Waals surface area (Å²) in [5.74, 6) is 0. The van der Waals surface area contributed by atoms with Crippen LogP contribution in [0.15, 0.2) is 36.5 Å². The Hall–Kier alpha value is -1.65. The highest BCUT2D eigenvalue weighted by molar-refractivity contribution is 7.80. The molecular formula is C13H12ClN3S. The van der Waals surface area contributed by atoms with Crippen molar-refractivity contribution < 1.29 is 0 Å². The number of thiocarbonyl (C=S) groups is 1. The molecule has 0 fully saturated rings. The summed E-state index contributed by atoms with van der Waals surface area (Å²) >= 11 is 11.0. The highest BCUT2D eigenvalue weighted by atomic mass is 35.5. The molecule has 0 unspecified atom stereocenters. The van der Waals surface area contributed by atoms with Crippen molar-refractivity contribution in [1.82, 2.24) is 4.98 Å². The van der Waals surface area contributed by atoms with E-state index in [4.69, 9.17) is 29.6 Å². The molecule has 0 saturated heterocycles. The number of hydrogen-bond acceptors (Lipinski definition) is 3. The Morgan fingerprint density at radius 3 is 2.72 bits per heavy atom. The first kappa shape index (κ1) is 12.8. The van der Waals surface area contributed by atoms with Crippen LogP contribution in [-0.2, 0) is 0 Å². The van der Waals surface area contributed by atoms with Crippen LogP contribution in [0, 0.1) is 6.92 Å². The van der Waals surface area contributed by atoms with Gasteiger partial charge in [0.1, 0.15) is 4.99 Å². The molecule has 1 aromatic carbocycles. The maximum atomic E-state index is 6.10. The molecule has 0 spiro atoms. The summed E-state index contributed by atoms with van der Waals surface area (Å²) in [6.07, 6.45) is 1.67. The van der Waals surface area contributed by atoms with E-state index in [9.17, 15) is 0 Å². The molecule has 5 heteroatoms. The average molecular weight is 278 g/mol. The third-order valence-corrected chi connectivity index (χ3v) is 2.96. The van der Waals surface area contributed by atoms with Gasteiger partial charge >= 0.3 is 0 Å². The first-order valence-electron chi connectivity index (χ1n) is 5.35. The number of rotatable bonds is 3. The Morgan fingerprint density at radius 1 is 1.33 bits per heavy atom. The van der Waals surface area contributed by atoms with Crippen LogP contribution in [0.25, 0.3) is 0 Å². The molecule has 0 aliphatic rings. The average Bonchev–Trinajstić information content (AvgIpc) is 2.34. The number of pyridine rings is 1. The molecule has 3 nitrogen and oxygen atoms in total. The van der Waals surface area contributed by atoms with Gasteiger partial charge in [0.25, 0.3) is 0 Å². The van der Waals surface area contributed by atoms with E-state index in [1.54, 1.807) is 12.3 Å². The molecule has 0 aliphatic carbocycles. The number of nitrogens with one attached hydrogen (secondary N) is 1. The molecule has 18 heavy (non-hydrogen) atoms. The fourth-order valence-corrected chi connectivity index (χ4v) is 1.79. The van der Waals surface area contributed by atoms with Crippen molar-refractivity contribution in [3.8, 4) is 0 Å². The van der Waals surface area contributed by atoms with Crippen LogP contribution >= 0.6 is 23.8 Å². The molecular weight excluding hydrogens is 266 g/mol. The Kier molecular flexibility index (Phi) is 3.79. The van der Waals surface area contributed by atoms with Crippen molar-refractivity contribution in [2.45, 2.75) is 6.92 Å². The summed E-state index contributed by atoms with van der Waals surface area (Å²) in [6, 6.07) is 9.43. The number of nitrogens with two attached hydrogens (primary N) is 1. The van der Waals surface area contributed by atoms with E-state index >= 15 is 0 Å². The first-order chi connectivity index (χ1) is 8.56. The normalized spacial score (nSPS) is 10.1. The number of hydrogen-bond donors (Lipinski definition) is 2. The number of benzene rings is 1. The van der Waals surface area contributed by atoms with E-state index in [0.717, 1.165) is 16.9 Å². The molecule has 0 bridgehead atoms. The van der Waals surface area contributed by atoms with Gasteiger partial charge in [0.05, 0.1) is 28.3 Å². The SMILES string of the molecule is Cc1ccc(Cl)c(Nc2ccc(C(N)=S)nc2)c1. The maximum absolute atomic E-state index is 6.10. The van der Waals surface area contributed by atoms with Crippen LogP contribution in [0.1, 0.15) is 11.3 Å². The summed E-state index contributed by atoms with van der Waals surface area (Å²) in [6.45, 7) is 2.01. The van der Waals surface area contributed by atoms with Crippen LogP contribution in [0.2, 0.25) is 5.02 Å². The second kappa shape index (κ2) is 5.33. The summed E-state index contributed by atoms with van der Waals surface area (Å²) in [7, 11) is 0. The number of aromatic nitrogens is 1. The molecule has 2 aromatic rings. The zero-order valence-corrected chi connectivity index (χ0v) is 11.3. The fourth-order valence-electron chi connectivity index (χ4n) is 1.50. The van der Waals surface area contributed by atoms with Crippen molar-refractivity contribution in [3.05, 3.63) is 52.8 Å². The van der Waals surface area contributed by atoms with Gasteiger partial charge in [-0.2, -0.15) is 0 Å². The Bertz CT molecular complexity index is 581. The third kappa shape index (κ3) is 2.97. The Labute approximate surface area is 116 Å². The smallest absolute Gasteiger partial charge is 0.122 e. The summed E-state index contributed by atoms with van der Waals surface area (Å²) in [4.78, 5) is 4.44. The van der Waals surface area contributed by atoms with Crippen molar-refractivity contribution in [3.63, 3.8) is 0 Å². The van der Waals surface area contributed by atoms with E-state index < -0.39 is 0 Å². The van der Waals surface area contributed by atoms with Crippen molar-refractivity contribution >= 4 is 40.2 Å². The van der Waals surface area contributed by atoms with Gasteiger partial charge in [0.15, 0.2) is 0 Å². The lowest BCUT2D eigenvalue weighted by molar-refractivity contribution is 1.29. The Morgan fingerprint density at radius 2 is 2.11 bits per heavy atom. The molecule has 3 N–H and O–H groups in total. The van der Waals surface area contributed by atoms with Crippen LogP contribution in [0.3, 0.4) is 0 Å². The van der Waals surface area contributed by atoms with E-state index in [1.807, 2.05) is 31.2 Å². The van der Waals surface area contributed by atoms with E-state index in [1.165, 1.54) is 0 Å². The molecule has 0 amide bonds. The minimum Gasteiger partial charge on any atom is -0.388 e. The van der Waals surface area contributed by atoms with Gasteiger partial charge in [0, 0.05) is 0 Å². The van der Waals surface area contributed by atoms with Gasteiger partial charge in [-0.1, -0.05) is 29.9 Å². The van der Waals surface area contributed by atoms with Crippen LogP contribution in [-0.4, -0.2) is 9.97 Å². The number of aryl methyl sites for hydroxylation is 1. The second-order valence-electron chi connectivity index (χ2n) is 3.90. The molecule has 1 heterocycles. The molecule has 0 aliphatic heterocycles. The lowest BCUT2D eigenvalue weighted by Gasteiger charge is -2.09. The van der Waals surface area contributed by atoms with Gasteiger partial charge in [0.2, 0.25) is 0 Å². The predicted octanol–water partition coefficient (Wildman–Crippen LogP) is 3.42. The van der Waals surface area contributed by atoms with Gasteiger partial charge < -0.3 is 11.1 Å². The monoisotopic (exact) mass is 277 g/mol. The lowest BCUT2D eigenvalue weighted by atomic mass is 10.2.